The molecular formula is C16H15N5O. The first-order chi connectivity index (χ1) is 10.8. The van der Waals surface area contributed by atoms with E-state index in [0.29, 0.717) is 0 Å². The quantitative estimate of drug-likeness (QED) is 0.591. The lowest BCUT2D eigenvalue weighted by molar-refractivity contribution is -0.124. The summed E-state index contributed by atoms with van der Waals surface area (Å²) in [5.74, 6) is -0.247. The normalized spacial score (nSPS) is 12.6. The van der Waals surface area contributed by atoms with E-state index in [1.165, 1.54) is 0 Å². The van der Waals surface area contributed by atoms with Gasteiger partial charge < -0.3 is 0 Å². The Kier molecular flexibility index (Phi) is 3.91. The minimum atomic E-state index is -0.500. The second-order valence-electron chi connectivity index (χ2n) is 4.84. The molecular weight excluding hydrogens is 278 g/mol. The summed E-state index contributed by atoms with van der Waals surface area (Å²) in [5, 5.41) is 12.0. The number of aromatic nitrogens is 3. The molecule has 3 rings (SSSR count). The van der Waals surface area contributed by atoms with Gasteiger partial charge in [0, 0.05) is 0 Å². The van der Waals surface area contributed by atoms with Crippen molar-refractivity contribution in [2.45, 2.75) is 13.0 Å². The number of nitrogens with zero attached hydrogens (tertiary/aromatic N) is 4. The summed E-state index contributed by atoms with van der Waals surface area (Å²) in [6.07, 6.45) is 1.60. The molecule has 0 aliphatic carbocycles. The van der Waals surface area contributed by atoms with E-state index >= 15 is 0 Å². The summed E-state index contributed by atoms with van der Waals surface area (Å²) in [5.41, 5.74) is 5.02. The second kappa shape index (κ2) is 6.17. The van der Waals surface area contributed by atoms with Crippen molar-refractivity contribution in [3.8, 4) is 0 Å². The summed E-state index contributed by atoms with van der Waals surface area (Å²) < 4.78 is 1.59. The first-order valence-corrected chi connectivity index (χ1v) is 6.93. The summed E-state index contributed by atoms with van der Waals surface area (Å²) in [7, 11) is 0. The van der Waals surface area contributed by atoms with Crippen molar-refractivity contribution in [3.05, 3.63) is 60.2 Å². The lowest BCUT2D eigenvalue weighted by Crippen LogP contribution is -2.28. The maximum Gasteiger partial charge on any atom is 0.264 e. The van der Waals surface area contributed by atoms with Crippen LogP contribution in [0.15, 0.2) is 59.7 Å². The molecule has 3 aromatic rings. The number of hydrazone groups is 1. The van der Waals surface area contributed by atoms with Crippen LogP contribution in [-0.4, -0.2) is 27.1 Å². The smallest absolute Gasteiger partial charge is 0.264 e. The van der Waals surface area contributed by atoms with E-state index in [-0.39, 0.29) is 5.91 Å². The Morgan fingerprint density at radius 2 is 1.91 bits per heavy atom. The van der Waals surface area contributed by atoms with Gasteiger partial charge in [-0.2, -0.15) is 5.10 Å². The Balaban J connectivity index is 1.71. The zero-order chi connectivity index (χ0) is 15.4. The Morgan fingerprint density at radius 1 is 1.18 bits per heavy atom. The number of rotatable bonds is 4. The first-order valence-electron chi connectivity index (χ1n) is 6.93. The summed E-state index contributed by atoms with van der Waals surface area (Å²) in [6, 6.07) is 16.6. The van der Waals surface area contributed by atoms with Crippen LogP contribution in [0, 0.1) is 0 Å². The second-order valence-corrected chi connectivity index (χ2v) is 4.84. The molecule has 0 bridgehead atoms. The fourth-order valence-electron chi connectivity index (χ4n) is 2.09. The number of carbonyl (C=O) groups is 1. The number of hydrogen-bond donors (Lipinski definition) is 1. The third-order valence-corrected chi connectivity index (χ3v) is 3.31. The van der Waals surface area contributed by atoms with E-state index in [0.717, 1.165) is 16.6 Å². The predicted molar refractivity (Wildman–Crippen MR) is 84.4 cm³/mol. The molecule has 1 atom stereocenters. The first kappa shape index (κ1) is 13.9. The van der Waals surface area contributed by atoms with Crippen molar-refractivity contribution in [2.24, 2.45) is 5.10 Å². The number of hydrogen-bond acceptors (Lipinski definition) is 4. The molecule has 0 aliphatic rings. The van der Waals surface area contributed by atoms with E-state index < -0.39 is 6.04 Å². The summed E-state index contributed by atoms with van der Waals surface area (Å²) in [6.45, 7) is 1.76. The molecule has 0 radical (unpaired) electrons. The lowest BCUT2D eigenvalue weighted by Gasteiger charge is -2.10. The Hall–Kier alpha value is -3.02. The van der Waals surface area contributed by atoms with Gasteiger partial charge >= 0.3 is 0 Å². The van der Waals surface area contributed by atoms with Crippen LogP contribution in [0.4, 0.5) is 0 Å². The van der Waals surface area contributed by atoms with E-state index in [1.807, 2.05) is 54.6 Å². The summed E-state index contributed by atoms with van der Waals surface area (Å²) in [4.78, 5) is 12.2. The van der Waals surface area contributed by atoms with E-state index in [9.17, 15) is 4.79 Å². The number of para-hydroxylation sites is 1. The highest BCUT2D eigenvalue weighted by Crippen LogP contribution is 2.15. The third kappa shape index (κ3) is 2.85. The van der Waals surface area contributed by atoms with Gasteiger partial charge in [-0.05, 0) is 24.6 Å². The van der Waals surface area contributed by atoms with Gasteiger partial charge in [0.25, 0.3) is 5.91 Å². The molecule has 0 unspecified atom stereocenters. The highest BCUT2D eigenvalue weighted by atomic mass is 16.2. The molecule has 1 N–H and O–H groups in total. The van der Waals surface area contributed by atoms with Crippen LogP contribution in [0.5, 0.6) is 0 Å². The minimum Gasteiger partial charge on any atom is -0.271 e. The highest BCUT2D eigenvalue weighted by Gasteiger charge is 2.17. The predicted octanol–water partition coefficient (Wildman–Crippen LogP) is 2.14. The van der Waals surface area contributed by atoms with Crippen molar-refractivity contribution in [1.29, 1.82) is 0 Å². The molecule has 0 spiro atoms. The SMILES string of the molecule is C[C@@H](C(=O)N/N=C\c1ccccc1)n1nnc2ccccc21. The molecule has 0 saturated heterocycles. The number of nitrogens with one attached hydrogen (secondary N) is 1. The van der Waals surface area contributed by atoms with E-state index in [1.54, 1.807) is 17.8 Å². The van der Waals surface area contributed by atoms with Gasteiger partial charge in [-0.3, -0.25) is 4.79 Å². The molecule has 110 valence electrons. The Bertz CT molecular complexity index is 810. The topological polar surface area (TPSA) is 72.2 Å². The number of benzene rings is 2. The van der Waals surface area contributed by atoms with Crippen molar-refractivity contribution in [1.82, 2.24) is 20.4 Å². The van der Waals surface area contributed by atoms with Crippen molar-refractivity contribution < 1.29 is 4.79 Å². The zero-order valence-corrected chi connectivity index (χ0v) is 12.0. The third-order valence-electron chi connectivity index (χ3n) is 3.31. The average molecular weight is 293 g/mol. The minimum absolute atomic E-state index is 0.247. The van der Waals surface area contributed by atoms with Crippen LogP contribution in [0.25, 0.3) is 11.0 Å². The van der Waals surface area contributed by atoms with Crippen LogP contribution >= 0.6 is 0 Å². The molecule has 0 saturated carbocycles. The van der Waals surface area contributed by atoms with Gasteiger partial charge in [-0.1, -0.05) is 47.7 Å². The Labute approximate surface area is 127 Å². The van der Waals surface area contributed by atoms with E-state index in [2.05, 4.69) is 20.8 Å². The van der Waals surface area contributed by atoms with Gasteiger partial charge in [-0.15, -0.1) is 5.10 Å². The molecule has 1 amide bonds. The standard InChI is InChI=1S/C16H15N5O/c1-12(21-15-10-6-5-9-14(15)18-20-21)16(22)19-17-11-13-7-3-2-4-8-13/h2-12H,1H3,(H,19,22)/b17-11-/t12-/m0/s1. The molecule has 1 heterocycles. The monoisotopic (exact) mass is 293 g/mol. The van der Waals surface area contributed by atoms with Crippen LogP contribution in [0.2, 0.25) is 0 Å². The maximum atomic E-state index is 12.2. The molecule has 2 aromatic carbocycles. The number of fused-ring (bicyclic) bond motifs is 1. The van der Waals surface area contributed by atoms with Gasteiger partial charge in [0.15, 0.2) is 0 Å². The van der Waals surface area contributed by atoms with Crippen LogP contribution in [0.3, 0.4) is 0 Å². The maximum absolute atomic E-state index is 12.2. The van der Waals surface area contributed by atoms with Crippen molar-refractivity contribution in [2.75, 3.05) is 0 Å². The largest absolute Gasteiger partial charge is 0.271 e. The fourth-order valence-corrected chi connectivity index (χ4v) is 2.09. The molecule has 6 heteroatoms. The highest BCUT2D eigenvalue weighted by molar-refractivity contribution is 5.85. The average Bonchev–Trinajstić information content (AvgIpc) is 2.99. The van der Waals surface area contributed by atoms with Crippen LogP contribution in [-0.2, 0) is 4.79 Å². The lowest BCUT2D eigenvalue weighted by atomic mass is 10.2. The number of carbonyl (C=O) groups excluding carboxylic acids is 1. The van der Waals surface area contributed by atoms with Gasteiger partial charge in [0.05, 0.1) is 11.7 Å². The molecule has 1 aromatic heterocycles. The zero-order valence-electron chi connectivity index (χ0n) is 12.0. The van der Waals surface area contributed by atoms with Crippen molar-refractivity contribution in [3.63, 3.8) is 0 Å². The molecule has 0 aliphatic heterocycles. The molecule has 6 nitrogen and oxygen atoms in total. The Morgan fingerprint density at radius 3 is 2.73 bits per heavy atom. The van der Waals surface area contributed by atoms with Gasteiger partial charge in [0.2, 0.25) is 0 Å². The molecule has 22 heavy (non-hydrogen) atoms. The molecule has 0 fully saturated rings. The van der Waals surface area contributed by atoms with Gasteiger partial charge in [0.1, 0.15) is 11.6 Å². The summed E-state index contributed by atoms with van der Waals surface area (Å²) >= 11 is 0. The fraction of sp³-hybridized carbons (Fsp3) is 0.125. The van der Waals surface area contributed by atoms with Crippen LogP contribution < -0.4 is 5.43 Å². The van der Waals surface area contributed by atoms with Gasteiger partial charge in [-0.25, -0.2) is 10.1 Å². The van der Waals surface area contributed by atoms with Crippen LogP contribution in [0.1, 0.15) is 18.5 Å². The van der Waals surface area contributed by atoms with E-state index in [4.69, 9.17) is 0 Å². The van der Waals surface area contributed by atoms with Crippen molar-refractivity contribution >= 4 is 23.2 Å². The number of amides is 1.